The molecule has 1 aromatic heterocycles. The molecule has 0 fully saturated rings. The van der Waals surface area contributed by atoms with Gasteiger partial charge >= 0.3 is 0 Å². The average Bonchev–Trinajstić information content (AvgIpc) is 2.73. The summed E-state index contributed by atoms with van der Waals surface area (Å²) in [5, 5.41) is 0. The number of hydrogen-bond acceptors (Lipinski definition) is 5. The quantitative estimate of drug-likeness (QED) is 0.864. The molecule has 17 heavy (non-hydrogen) atoms. The van der Waals surface area contributed by atoms with Crippen molar-refractivity contribution < 1.29 is 0 Å². The fourth-order valence-corrected chi connectivity index (χ4v) is 3.07. The van der Waals surface area contributed by atoms with E-state index in [1.165, 1.54) is 22.7 Å². The zero-order valence-electron chi connectivity index (χ0n) is 9.88. The van der Waals surface area contributed by atoms with Crippen LogP contribution in [0.4, 0.5) is 0 Å². The molecule has 0 saturated carbocycles. The minimum atomic E-state index is 0.0461. The summed E-state index contributed by atoms with van der Waals surface area (Å²) in [5.74, 6) is 1.67. The summed E-state index contributed by atoms with van der Waals surface area (Å²) in [6, 6.07) is 8.41. The lowest BCUT2D eigenvalue weighted by Crippen LogP contribution is -2.12. The fourth-order valence-electron chi connectivity index (χ4n) is 1.41. The second-order valence-corrected chi connectivity index (χ2v) is 5.95. The topological polar surface area (TPSA) is 51.8 Å². The van der Waals surface area contributed by atoms with Gasteiger partial charge in [0, 0.05) is 11.8 Å². The average molecular weight is 265 g/mol. The minimum absolute atomic E-state index is 0.0461. The van der Waals surface area contributed by atoms with Crippen molar-refractivity contribution in [3.63, 3.8) is 0 Å². The van der Waals surface area contributed by atoms with E-state index in [9.17, 15) is 0 Å². The normalized spacial score (nSPS) is 12.6. The predicted molar refractivity (Wildman–Crippen MR) is 73.5 cm³/mol. The molecular formula is C12H15N3S2. The van der Waals surface area contributed by atoms with Crippen LogP contribution in [0.1, 0.15) is 23.0 Å². The number of nitrogens with zero attached hydrogens (tertiary/aromatic N) is 2. The molecule has 2 aromatic rings. The van der Waals surface area contributed by atoms with Crippen molar-refractivity contribution in [2.24, 2.45) is 5.73 Å². The van der Waals surface area contributed by atoms with Crippen molar-refractivity contribution in [2.45, 2.75) is 24.2 Å². The molecule has 0 amide bonds. The Morgan fingerprint density at radius 1 is 1.29 bits per heavy atom. The van der Waals surface area contributed by atoms with Gasteiger partial charge in [-0.05, 0) is 30.9 Å². The van der Waals surface area contributed by atoms with Crippen molar-refractivity contribution in [1.82, 2.24) is 9.36 Å². The molecule has 2 rings (SSSR count). The lowest BCUT2D eigenvalue weighted by molar-refractivity contribution is 0.830. The zero-order chi connectivity index (χ0) is 12.3. The van der Waals surface area contributed by atoms with Crippen LogP contribution < -0.4 is 5.73 Å². The van der Waals surface area contributed by atoms with Crippen LogP contribution in [0.2, 0.25) is 0 Å². The largest absolute Gasteiger partial charge is 0.323 e. The summed E-state index contributed by atoms with van der Waals surface area (Å²) in [6.45, 7) is 3.98. The van der Waals surface area contributed by atoms with Crippen LogP contribution in [0.25, 0.3) is 0 Å². The maximum atomic E-state index is 6.14. The van der Waals surface area contributed by atoms with Gasteiger partial charge in [-0.25, -0.2) is 4.98 Å². The van der Waals surface area contributed by atoms with Crippen LogP contribution >= 0.6 is 23.3 Å². The van der Waals surface area contributed by atoms with Gasteiger partial charge in [-0.3, -0.25) is 0 Å². The first-order valence-electron chi connectivity index (χ1n) is 5.40. The third-order valence-electron chi connectivity index (χ3n) is 2.40. The van der Waals surface area contributed by atoms with Crippen molar-refractivity contribution in [1.29, 1.82) is 0 Å². The van der Waals surface area contributed by atoms with E-state index >= 15 is 0 Å². The highest BCUT2D eigenvalue weighted by Crippen LogP contribution is 2.24. The van der Waals surface area contributed by atoms with Gasteiger partial charge in [0.2, 0.25) is 0 Å². The summed E-state index contributed by atoms with van der Waals surface area (Å²) in [6.07, 6.45) is 0. The number of aryl methyl sites for hydroxylation is 2. The Morgan fingerprint density at radius 3 is 2.59 bits per heavy atom. The molecule has 0 radical (unpaired) electrons. The molecule has 90 valence electrons. The molecule has 0 aliphatic carbocycles. The molecule has 1 unspecified atom stereocenters. The van der Waals surface area contributed by atoms with Crippen LogP contribution in [0.5, 0.6) is 0 Å². The fraction of sp³-hybridized carbons (Fsp3) is 0.333. The van der Waals surface area contributed by atoms with Crippen molar-refractivity contribution in [3.05, 3.63) is 41.2 Å². The third-order valence-corrected chi connectivity index (χ3v) is 4.44. The Hall–Kier alpha value is -0.910. The Morgan fingerprint density at radius 2 is 2.00 bits per heavy atom. The Kier molecular flexibility index (Phi) is 4.15. The molecule has 0 saturated heterocycles. The Balaban J connectivity index is 1.93. The van der Waals surface area contributed by atoms with Gasteiger partial charge < -0.3 is 5.73 Å². The van der Waals surface area contributed by atoms with Crippen molar-refractivity contribution >= 4 is 23.3 Å². The first kappa shape index (κ1) is 12.5. The molecular weight excluding hydrogens is 250 g/mol. The number of aromatic nitrogens is 2. The summed E-state index contributed by atoms with van der Waals surface area (Å²) >= 11 is 3.10. The first-order chi connectivity index (χ1) is 8.15. The maximum absolute atomic E-state index is 6.14. The van der Waals surface area contributed by atoms with Crippen LogP contribution in [-0.2, 0) is 0 Å². The Bertz CT molecular complexity index is 479. The first-order valence-corrected chi connectivity index (χ1v) is 7.16. The van der Waals surface area contributed by atoms with Crippen LogP contribution in [0.3, 0.4) is 0 Å². The van der Waals surface area contributed by atoms with Crippen molar-refractivity contribution in [2.75, 3.05) is 5.75 Å². The smallest absolute Gasteiger partial charge is 0.170 e. The standard InChI is InChI=1S/C12H15N3S2/c1-8-3-5-10(6-4-8)11(13)7-16-12-14-9(2)15-17-12/h3-6,11H,7,13H2,1-2H3. The number of benzene rings is 1. The zero-order valence-corrected chi connectivity index (χ0v) is 11.5. The molecule has 2 N–H and O–H groups in total. The highest BCUT2D eigenvalue weighted by atomic mass is 32.2. The summed E-state index contributed by atoms with van der Waals surface area (Å²) in [7, 11) is 0. The van der Waals surface area contributed by atoms with E-state index in [-0.39, 0.29) is 6.04 Å². The molecule has 0 aliphatic rings. The van der Waals surface area contributed by atoms with E-state index in [1.807, 2.05) is 6.92 Å². The summed E-state index contributed by atoms with van der Waals surface area (Å²) in [5.41, 5.74) is 8.56. The summed E-state index contributed by atoms with van der Waals surface area (Å²) in [4.78, 5) is 4.31. The van der Waals surface area contributed by atoms with Gasteiger partial charge in [0.25, 0.3) is 0 Å². The lowest BCUT2D eigenvalue weighted by atomic mass is 10.1. The molecule has 0 spiro atoms. The van der Waals surface area contributed by atoms with Gasteiger partial charge in [0.15, 0.2) is 4.34 Å². The predicted octanol–water partition coefficient (Wildman–Crippen LogP) is 2.95. The van der Waals surface area contributed by atoms with Crippen LogP contribution in [-0.4, -0.2) is 15.1 Å². The number of rotatable bonds is 4. The number of nitrogens with two attached hydrogens (primary N) is 1. The molecule has 1 aromatic carbocycles. The van der Waals surface area contributed by atoms with Gasteiger partial charge in [-0.2, -0.15) is 4.37 Å². The second-order valence-electron chi connectivity index (χ2n) is 3.94. The maximum Gasteiger partial charge on any atom is 0.170 e. The van der Waals surface area contributed by atoms with E-state index < -0.39 is 0 Å². The van der Waals surface area contributed by atoms with Crippen LogP contribution in [0.15, 0.2) is 28.6 Å². The molecule has 1 atom stereocenters. The minimum Gasteiger partial charge on any atom is -0.323 e. The van der Waals surface area contributed by atoms with E-state index in [4.69, 9.17) is 5.73 Å². The number of thioether (sulfide) groups is 1. The SMILES string of the molecule is Cc1ccc(C(N)CSc2nc(C)ns2)cc1. The highest BCUT2D eigenvalue weighted by molar-refractivity contribution is 8.00. The highest BCUT2D eigenvalue weighted by Gasteiger charge is 2.08. The summed E-state index contributed by atoms with van der Waals surface area (Å²) < 4.78 is 5.14. The van der Waals surface area contributed by atoms with Gasteiger partial charge in [-0.1, -0.05) is 41.6 Å². The van der Waals surface area contributed by atoms with E-state index in [1.54, 1.807) is 11.8 Å². The molecule has 0 aliphatic heterocycles. The van der Waals surface area contributed by atoms with E-state index in [2.05, 4.69) is 40.5 Å². The van der Waals surface area contributed by atoms with Gasteiger partial charge in [0.1, 0.15) is 5.82 Å². The number of hydrogen-bond donors (Lipinski definition) is 1. The van der Waals surface area contributed by atoms with Crippen LogP contribution in [0, 0.1) is 13.8 Å². The third kappa shape index (κ3) is 3.52. The van der Waals surface area contributed by atoms with E-state index in [0.717, 1.165) is 15.9 Å². The molecule has 3 nitrogen and oxygen atoms in total. The van der Waals surface area contributed by atoms with E-state index in [0.29, 0.717) is 0 Å². The molecule has 0 bridgehead atoms. The van der Waals surface area contributed by atoms with Crippen molar-refractivity contribution in [3.8, 4) is 0 Å². The molecule has 5 heteroatoms. The van der Waals surface area contributed by atoms with Gasteiger partial charge in [-0.15, -0.1) is 0 Å². The Labute approximate surface area is 110 Å². The van der Waals surface area contributed by atoms with Gasteiger partial charge in [0.05, 0.1) is 0 Å². The molecule has 1 heterocycles. The second kappa shape index (κ2) is 5.62. The monoisotopic (exact) mass is 265 g/mol. The lowest BCUT2D eigenvalue weighted by Gasteiger charge is -2.10.